The predicted octanol–water partition coefficient (Wildman–Crippen LogP) is 2.48. The lowest BCUT2D eigenvalue weighted by Gasteiger charge is -2.31. The maximum Gasteiger partial charge on any atom is 0.335 e. The molecule has 1 aliphatic rings. The van der Waals surface area contributed by atoms with Gasteiger partial charge in [-0.3, -0.25) is 4.79 Å². The summed E-state index contributed by atoms with van der Waals surface area (Å²) in [6, 6.07) is 4.16. The summed E-state index contributed by atoms with van der Waals surface area (Å²) in [5.74, 6) is -0.621. The third-order valence-electron chi connectivity index (χ3n) is 3.57. The molecule has 7 heteroatoms. The van der Waals surface area contributed by atoms with Gasteiger partial charge in [0.1, 0.15) is 0 Å². The van der Waals surface area contributed by atoms with Crippen LogP contribution in [0, 0.1) is 0 Å². The van der Waals surface area contributed by atoms with Crippen molar-refractivity contribution >= 4 is 38.8 Å². The van der Waals surface area contributed by atoms with Crippen LogP contribution in [0.2, 0.25) is 0 Å². The number of morpholine rings is 1. The fourth-order valence-corrected chi connectivity index (χ4v) is 3.04. The molecule has 0 amide bonds. The van der Waals surface area contributed by atoms with Crippen molar-refractivity contribution in [3.8, 4) is 0 Å². The van der Waals surface area contributed by atoms with Crippen LogP contribution >= 0.6 is 15.9 Å². The Morgan fingerprint density at radius 1 is 1.41 bits per heavy atom. The van der Waals surface area contributed by atoms with Gasteiger partial charge in [-0.05, 0) is 35.0 Å². The highest BCUT2D eigenvalue weighted by Gasteiger charge is 2.21. The molecule has 1 aliphatic heterocycles. The normalized spacial score (nSPS) is 18.6. The predicted molar refractivity (Wildman–Crippen MR) is 84.8 cm³/mol. The zero-order valence-electron chi connectivity index (χ0n) is 11.8. The van der Waals surface area contributed by atoms with E-state index in [1.54, 1.807) is 0 Å². The molecule has 1 N–H and O–H groups in total. The molecular weight excluding hydrogens is 354 g/mol. The van der Waals surface area contributed by atoms with Crippen molar-refractivity contribution in [3.05, 3.63) is 38.5 Å². The topological polar surface area (TPSA) is 80.0 Å². The minimum Gasteiger partial charge on any atom is -0.478 e. The molecule has 0 bridgehead atoms. The highest BCUT2D eigenvalue weighted by molar-refractivity contribution is 9.10. The van der Waals surface area contributed by atoms with Gasteiger partial charge in [-0.15, -0.1) is 0 Å². The number of anilines is 1. The van der Waals surface area contributed by atoms with Gasteiger partial charge >= 0.3 is 5.97 Å². The number of fused-ring (bicyclic) bond motifs is 1. The second-order valence-corrected chi connectivity index (χ2v) is 6.07. The first-order valence-electron chi connectivity index (χ1n) is 6.83. The molecule has 1 aromatic carbocycles. The molecule has 1 aromatic heterocycles. The number of benzene rings is 1. The summed E-state index contributed by atoms with van der Waals surface area (Å²) in [6.07, 6.45) is 0.0626. The lowest BCUT2D eigenvalue weighted by atomic mass is 10.1. The van der Waals surface area contributed by atoms with E-state index >= 15 is 0 Å². The number of rotatable bonds is 2. The van der Waals surface area contributed by atoms with E-state index in [0.717, 1.165) is 0 Å². The van der Waals surface area contributed by atoms with Crippen LogP contribution in [0.3, 0.4) is 0 Å². The van der Waals surface area contributed by atoms with E-state index < -0.39 is 5.97 Å². The highest BCUT2D eigenvalue weighted by Crippen LogP contribution is 2.28. The molecule has 3 rings (SSSR count). The Morgan fingerprint density at radius 3 is 2.86 bits per heavy atom. The van der Waals surface area contributed by atoms with Gasteiger partial charge in [-0.25, -0.2) is 4.79 Å². The maximum absolute atomic E-state index is 12.3. The van der Waals surface area contributed by atoms with Gasteiger partial charge in [-0.1, -0.05) is 0 Å². The number of ether oxygens (including phenoxy) is 1. The van der Waals surface area contributed by atoms with E-state index in [4.69, 9.17) is 14.3 Å². The average Bonchev–Trinajstić information content (AvgIpc) is 2.47. The number of carbonyl (C=O) groups is 1. The lowest BCUT2D eigenvalue weighted by Crippen LogP contribution is -2.41. The zero-order valence-corrected chi connectivity index (χ0v) is 13.4. The molecule has 0 aliphatic carbocycles. The lowest BCUT2D eigenvalue weighted by molar-refractivity contribution is 0.0517. The van der Waals surface area contributed by atoms with Crippen LogP contribution < -0.4 is 10.3 Å². The molecule has 6 nitrogen and oxygen atoms in total. The van der Waals surface area contributed by atoms with Gasteiger partial charge in [0, 0.05) is 19.2 Å². The molecule has 0 spiro atoms. The maximum atomic E-state index is 12.3. The van der Waals surface area contributed by atoms with Crippen molar-refractivity contribution in [2.45, 2.75) is 13.0 Å². The van der Waals surface area contributed by atoms with Crippen molar-refractivity contribution in [1.29, 1.82) is 0 Å². The van der Waals surface area contributed by atoms with Gasteiger partial charge in [0.05, 0.1) is 28.1 Å². The van der Waals surface area contributed by atoms with Crippen molar-refractivity contribution in [2.24, 2.45) is 0 Å². The smallest absolute Gasteiger partial charge is 0.335 e. The van der Waals surface area contributed by atoms with E-state index in [-0.39, 0.29) is 22.5 Å². The molecule has 0 unspecified atom stereocenters. The molecule has 0 saturated carbocycles. The van der Waals surface area contributed by atoms with Crippen molar-refractivity contribution in [3.63, 3.8) is 0 Å². The molecule has 22 heavy (non-hydrogen) atoms. The van der Waals surface area contributed by atoms with Crippen molar-refractivity contribution in [2.75, 3.05) is 24.6 Å². The van der Waals surface area contributed by atoms with Gasteiger partial charge < -0.3 is 19.2 Å². The van der Waals surface area contributed by atoms with Gasteiger partial charge in [0.2, 0.25) is 0 Å². The van der Waals surface area contributed by atoms with Crippen LogP contribution in [0.25, 0.3) is 11.0 Å². The van der Waals surface area contributed by atoms with Crippen molar-refractivity contribution < 1.29 is 19.1 Å². The summed E-state index contributed by atoms with van der Waals surface area (Å²) in [6.45, 7) is 3.81. The molecule has 2 heterocycles. The third kappa shape index (κ3) is 2.74. The first-order chi connectivity index (χ1) is 10.5. The first-order valence-corrected chi connectivity index (χ1v) is 7.62. The number of hydrogen-bond donors (Lipinski definition) is 1. The van der Waals surface area contributed by atoms with E-state index in [2.05, 4.69) is 15.9 Å². The SMILES string of the molecule is C[C@@H]1CN(c2cc(=O)c3cc(C(=O)O)cc(Br)c3o2)CCO1. The Morgan fingerprint density at radius 2 is 2.18 bits per heavy atom. The Hall–Kier alpha value is -1.86. The Bertz CT molecular complexity index is 800. The number of carboxylic acid groups (broad SMARTS) is 1. The summed E-state index contributed by atoms with van der Waals surface area (Å²) in [5.41, 5.74) is 0.130. The summed E-state index contributed by atoms with van der Waals surface area (Å²) in [7, 11) is 0. The fourth-order valence-electron chi connectivity index (χ4n) is 2.50. The van der Waals surface area contributed by atoms with Crippen LogP contribution in [0.15, 0.2) is 31.9 Å². The molecule has 116 valence electrons. The van der Waals surface area contributed by atoms with E-state index in [1.807, 2.05) is 11.8 Å². The van der Waals surface area contributed by atoms with Crippen LogP contribution in [-0.2, 0) is 4.74 Å². The molecule has 0 radical (unpaired) electrons. The second-order valence-electron chi connectivity index (χ2n) is 5.22. The van der Waals surface area contributed by atoms with Gasteiger partial charge in [0.15, 0.2) is 16.9 Å². The minimum atomic E-state index is -1.09. The van der Waals surface area contributed by atoms with Crippen LogP contribution in [-0.4, -0.2) is 36.9 Å². The van der Waals surface area contributed by atoms with E-state index in [1.165, 1.54) is 18.2 Å². The van der Waals surface area contributed by atoms with Crippen LogP contribution in [0.1, 0.15) is 17.3 Å². The fraction of sp³-hybridized carbons (Fsp3) is 0.333. The molecule has 1 saturated heterocycles. The minimum absolute atomic E-state index is 0.0411. The molecule has 2 aromatic rings. The Kier molecular flexibility index (Phi) is 3.92. The second kappa shape index (κ2) is 5.73. The highest BCUT2D eigenvalue weighted by atomic mass is 79.9. The number of halogens is 1. The summed E-state index contributed by atoms with van der Waals surface area (Å²) in [4.78, 5) is 25.4. The van der Waals surface area contributed by atoms with E-state index in [9.17, 15) is 9.59 Å². The average molecular weight is 368 g/mol. The molecule has 1 atom stereocenters. The summed E-state index contributed by atoms with van der Waals surface area (Å²) >= 11 is 3.28. The third-order valence-corrected chi connectivity index (χ3v) is 4.16. The van der Waals surface area contributed by atoms with E-state index in [0.29, 0.717) is 35.6 Å². The monoisotopic (exact) mass is 367 g/mol. The van der Waals surface area contributed by atoms with Crippen LogP contribution in [0.5, 0.6) is 0 Å². The van der Waals surface area contributed by atoms with Gasteiger partial charge in [0.25, 0.3) is 0 Å². The quantitative estimate of drug-likeness (QED) is 0.878. The number of hydrogen-bond acceptors (Lipinski definition) is 5. The Balaban J connectivity index is 2.12. The summed E-state index contributed by atoms with van der Waals surface area (Å²) in [5, 5.41) is 9.32. The number of aromatic carboxylic acids is 1. The largest absolute Gasteiger partial charge is 0.478 e. The van der Waals surface area contributed by atoms with Gasteiger partial charge in [-0.2, -0.15) is 0 Å². The summed E-state index contributed by atoms with van der Waals surface area (Å²) < 4.78 is 11.8. The number of carboxylic acids is 1. The Labute approximate surface area is 134 Å². The van der Waals surface area contributed by atoms with Crippen molar-refractivity contribution in [1.82, 2.24) is 0 Å². The number of nitrogens with zero attached hydrogens (tertiary/aromatic N) is 1. The van der Waals surface area contributed by atoms with Crippen LogP contribution in [0.4, 0.5) is 5.88 Å². The first kappa shape index (κ1) is 15.1. The standard InChI is InChI=1S/C15H14BrNO5/c1-8-7-17(2-3-21-8)13-6-12(18)10-4-9(15(19)20)5-11(16)14(10)22-13/h4-6,8H,2-3,7H2,1H3,(H,19,20)/t8-/m1/s1. The zero-order chi connectivity index (χ0) is 15.9. The molecular formula is C15H14BrNO5. The molecule has 1 fully saturated rings.